The van der Waals surface area contributed by atoms with Gasteiger partial charge in [-0.25, -0.2) is 9.67 Å². The van der Waals surface area contributed by atoms with Crippen molar-refractivity contribution >= 4 is 45.0 Å². The smallest absolute Gasteiger partial charge is 0.247 e. The van der Waals surface area contributed by atoms with Crippen LogP contribution in [-0.4, -0.2) is 25.9 Å². The fraction of sp³-hybridized carbons (Fsp3) is 0.0588. The highest BCUT2D eigenvalue weighted by Gasteiger charge is 2.12. The van der Waals surface area contributed by atoms with Crippen LogP contribution in [-0.2, 0) is 11.3 Å². The molecule has 2 aromatic carbocycles. The number of thiazole rings is 1. The predicted octanol–water partition coefficient (Wildman–Crippen LogP) is 3.85. The molecule has 2 heterocycles. The van der Waals surface area contributed by atoms with Crippen molar-refractivity contribution in [2.75, 3.05) is 5.32 Å². The maximum absolute atomic E-state index is 12.3. The highest BCUT2D eigenvalue weighted by Crippen LogP contribution is 2.30. The summed E-state index contributed by atoms with van der Waals surface area (Å²) in [6.07, 6.45) is 0. The molecular weight excluding hydrogens is 358 g/mol. The second-order valence-electron chi connectivity index (χ2n) is 5.30. The molecule has 0 spiro atoms. The minimum absolute atomic E-state index is 0.0710. The number of fused-ring (bicyclic) bond motifs is 1. The summed E-state index contributed by atoms with van der Waals surface area (Å²) >= 11 is 7.53. The summed E-state index contributed by atoms with van der Waals surface area (Å²) in [5.74, 6) is -0.212. The lowest BCUT2D eigenvalue weighted by Crippen LogP contribution is -2.19. The molecular formula is C17H12ClN5OS. The van der Waals surface area contributed by atoms with Gasteiger partial charge in [-0.05, 0) is 18.2 Å². The summed E-state index contributed by atoms with van der Waals surface area (Å²) in [6, 6.07) is 15.0. The number of benzene rings is 2. The first-order chi connectivity index (χ1) is 12.2. The van der Waals surface area contributed by atoms with E-state index in [-0.39, 0.29) is 12.5 Å². The number of carbonyl (C=O) groups is 1. The molecule has 0 saturated carbocycles. The Morgan fingerprint density at radius 2 is 1.96 bits per heavy atom. The van der Waals surface area contributed by atoms with Gasteiger partial charge in [0.15, 0.2) is 5.13 Å². The summed E-state index contributed by atoms with van der Waals surface area (Å²) in [6.45, 7) is 0.0710. The summed E-state index contributed by atoms with van der Waals surface area (Å²) in [5, 5.41) is 13.8. The Balaban J connectivity index is 1.49. The lowest BCUT2D eigenvalue weighted by atomic mass is 10.2. The van der Waals surface area contributed by atoms with Crippen molar-refractivity contribution in [1.82, 2.24) is 20.0 Å². The Bertz CT molecular complexity index is 1060. The molecule has 1 N–H and O–H groups in total. The Hall–Kier alpha value is -2.77. The first-order valence-electron chi connectivity index (χ1n) is 7.49. The number of aromatic nitrogens is 4. The van der Waals surface area contributed by atoms with Crippen molar-refractivity contribution in [3.8, 4) is 11.3 Å². The largest absolute Gasteiger partial charge is 0.300 e. The topological polar surface area (TPSA) is 72.7 Å². The number of amides is 1. The van der Waals surface area contributed by atoms with Crippen LogP contribution in [0, 0.1) is 0 Å². The number of para-hydroxylation sites is 1. The van der Waals surface area contributed by atoms with E-state index in [0.29, 0.717) is 10.2 Å². The number of rotatable bonds is 4. The molecule has 124 valence electrons. The molecule has 0 saturated heterocycles. The molecule has 0 radical (unpaired) electrons. The summed E-state index contributed by atoms with van der Waals surface area (Å²) in [5.41, 5.74) is 3.14. The third-order valence-electron chi connectivity index (χ3n) is 3.61. The fourth-order valence-electron chi connectivity index (χ4n) is 2.45. The number of nitrogens with one attached hydrogen (secondary N) is 1. The Morgan fingerprint density at radius 3 is 2.84 bits per heavy atom. The van der Waals surface area contributed by atoms with E-state index in [4.69, 9.17) is 11.6 Å². The molecule has 0 bridgehead atoms. The third kappa shape index (κ3) is 3.24. The number of nitrogens with zero attached hydrogens (tertiary/aromatic N) is 4. The molecule has 1 amide bonds. The molecule has 0 unspecified atom stereocenters. The van der Waals surface area contributed by atoms with Crippen molar-refractivity contribution in [2.24, 2.45) is 0 Å². The molecule has 2 aromatic heterocycles. The Morgan fingerprint density at radius 1 is 1.16 bits per heavy atom. The van der Waals surface area contributed by atoms with Crippen LogP contribution in [0.5, 0.6) is 0 Å². The van der Waals surface area contributed by atoms with Gasteiger partial charge in [0.25, 0.3) is 0 Å². The highest BCUT2D eigenvalue weighted by atomic mass is 35.5. The summed E-state index contributed by atoms with van der Waals surface area (Å²) in [7, 11) is 0. The van der Waals surface area contributed by atoms with Crippen molar-refractivity contribution in [2.45, 2.75) is 6.54 Å². The van der Waals surface area contributed by atoms with E-state index in [2.05, 4.69) is 20.6 Å². The number of anilines is 1. The molecule has 25 heavy (non-hydrogen) atoms. The molecule has 0 atom stereocenters. The van der Waals surface area contributed by atoms with Gasteiger partial charge < -0.3 is 5.32 Å². The second-order valence-corrected chi connectivity index (χ2v) is 6.57. The van der Waals surface area contributed by atoms with E-state index in [0.717, 1.165) is 22.3 Å². The van der Waals surface area contributed by atoms with Gasteiger partial charge in [0, 0.05) is 16.0 Å². The van der Waals surface area contributed by atoms with Gasteiger partial charge in [0.2, 0.25) is 5.91 Å². The summed E-state index contributed by atoms with van der Waals surface area (Å²) < 4.78 is 1.56. The summed E-state index contributed by atoms with van der Waals surface area (Å²) in [4.78, 5) is 16.7. The molecule has 8 heteroatoms. The van der Waals surface area contributed by atoms with Gasteiger partial charge in [0.05, 0.1) is 11.2 Å². The molecule has 0 aliphatic heterocycles. The first-order valence-corrected chi connectivity index (χ1v) is 8.75. The molecule has 6 nitrogen and oxygen atoms in total. The first kappa shape index (κ1) is 15.7. The maximum atomic E-state index is 12.3. The number of carbonyl (C=O) groups excluding carboxylic acids is 1. The minimum atomic E-state index is -0.212. The van der Waals surface area contributed by atoms with Crippen LogP contribution in [0.4, 0.5) is 5.13 Å². The van der Waals surface area contributed by atoms with Crippen LogP contribution in [0.15, 0.2) is 53.9 Å². The molecule has 0 aliphatic carbocycles. The zero-order valence-corrected chi connectivity index (χ0v) is 14.5. The van der Waals surface area contributed by atoms with E-state index in [1.807, 2.05) is 53.9 Å². The van der Waals surface area contributed by atoms with Crippen LogP contribution < -0.4 is 5.32 Å². The van der Waals surface area contributed by atoms with Gasteiger partial charge in [-0.3, -0.25) is 4.79 Å². The van der Waals surface area contributed by atoms with E-state index in [1.165, 1.54) is 11.3 Å². The third-order valence-corrected chi connectivity index (χ3v) is 4.70. The lowest BCUT2D eigenvalue weighted by molar-refractivity contribution is -0.116. The van der Waals surface area contributed by atoms with Crippen LogP contribution in [0.1, 0.15) is 0 Å². The van der Waals surface area contributed by atoms with Crippen molar-refractivity contribution in [3.63, 3.8) is 0 Å². The van der Waals surface area contributed by atoms with Crippen molar-refractivity contribution in [1.29, 1.82) is 0 Å². The molecule has 0 fully saturated rings. The number of halogens is 1. The van der Waals surface area contributed by atoms with Gasteiger partial charge in [-0.15, -0.1) is 16.4 Å². The van der Waals surface area contributed by atoms with Gasteiger partial charge in [-0.2, -0.15) is 0 Å². The molecule has 4 aromatic rings. The second kappa shape index (κ2) is 6.62. The quantitative estimate of drug-likeness (QED) is 0.593. The van der Waals surface area contributed by atoms with Gasteiger partial charge >= 0.3 is 0 Å². The Kier molecular flexibility index (Phi) is 4.17. The van der Waals surface area contributed by atoms with Crippen LogP contribution in [0.3, 0.4) is 0 Å². The minimum Gasteiger partial charge on any atom is -0.300 e. The van der Waals surface area contributed by atoms with Crippen LogP contribution in [0.2, 0.25) is 5.02 Å². The van der Waals surface area contributed by atoms with E-state index in [9.17, 15) is 4.79 Å². The zero-order chi connectivity index (χ0) is 17.2. The van der Waals surface area contributed by atoms with Gasteiger partial charge in [0.1, 0.15) is 12.1 Å². The van der Waals surface area contributed by atoms with Crippen molar-refractivity contribution < 1.29 is 4.79 Å². The van der Waals surface area contributed by atoms with Crippen molar-refractivity contribution in [3.05, 3.63) is 58.9 Å². The lowest BCUT2D eigenvalue weighted by Gasteiger charge is -2.03. The molecule has 0 aliphatic rings. The number of hydrogen-bond acceptors (Lipinski definition) is 5. The fourth-order valence-corrected chi connectivity index (χ4v) is 3.41. The van der Waals surface area contributed by atoms with Gasteiger partial charge in [-0.1, -0.05) is 47.1 Å². The highest BCUT2D eigenvalue weighted by molar-refractivity contribution is 7.14. The van der Waals surface area contributed by atoms with E-state index in [1.54, 1.807) is 4.68 Å². The van der Waals surface area contributed by atoms with Crippen LogP contribution in [0.25, 0.3) is 22.3 Å². The Labute approximate surface area is 152 Å². The zero-order valence-electron chi connectivity index (χ0n) is 12.9. The average Bonchev–Trinajstić information content (AvgIpc) is 3.23. The average molecular weight is 370 g/mol. The molecule has 4 rings (SSSR count). The number of hydrogen-bond donors (Lipinski definition) is 1. The monoisotopic (exact) mass is 369 g/mol. The maximum Gasteiger partial charge on any atom is 0.247 e. The predicted molar refractivity (Wildman–Crippen MR) is 98.7 cm³/mol. The normalized spacial score (nSPS) is 10.9. The van der Waals surface area contributed by atoms with Crippen LogP contribution >= 0.6 is 22.9 Å². The SMILES string of the molecule is O=C(Cn1nnc2ccccc21)Nc1nc(-c2ccccc2Cl)cs1. The van der Waals surface area contributed by atoms with E-state index >= 15 is 0 Å². The standard InChI is InChI=1S/C17H12ClN5OS/c18-12-6-2-1-5-11(12)14-10-25-17(19-14)20-16(24)9-23-15-8-4-3-7-13(15)21-22-23/h1-8,10H,9H2,(H,19,20,24). The van der Waals surface area contributed by atoms with E-state index < -0.39 is 0 Å².